The summed E-state index contributed by atoms with van der Waals surface area (Å²) >= 11 is 0. The van der Waals surface area contributed by atoms with Crippen molar-refractivity contribution in [3.8, 4) is 0 Å². The highest BCUT2D eigenvalue weighted by atomic mass is 19.1. The van der Waals surface area contributed by atoms with Crippen LogP contribution in [0.15, 0.2) is 84.9 Å². The maximum Gasteiger partial charge on any atom is 0.187 e. The Morgan fingerprint density at radius 1 is 0.810 bits per heavy atom. The first-order valence-corrected chi connectivity index (χ1v) is 13.8. The van der Waals surface area contributed by atoms with Gasteiger partial charge in [-0.05, 0) is 91.1 Å². The molecule has 2 atom stereocenters. The second-order valence-corrected chi connectivity index (χ2v) is 10.7. The van der Waals surface area contributed by atoms with Crippen molar-refractivity contribution < 1.29 is 18.3 Å². The molecule has 0 aliphatic carbocycles. The SMILES string of the molecule is [C-]#[N+]c1ccc2c(c1)COC2(CCCN(C)C)c1ccc(F)cc1.[C-]#[N+]c1ccc2c(c1)COC2c1ccc(F)cc1. The van der Waals surface area contributed by atoms with E-state index >= 15 is 0 Å². The Balaban J connectivity index is 0.000000175. The molecular weight excluding hydrogens is 532 g/mol. The molecule has 0 aromatic heterocycles. The third-order valence-corrected chi connectivity index (χ3v) is 7.69. The average molecular weight is 564 g/mol. The van der Waals surface area contributed by atoms with Crippen molar-refractivity contribution in [3.05, 3.63) is 153 Å². The summed E-state index contributed by atoms with van der Waals surface area (Å²) in [6.45, 7) is 16.1. The summed E-state index contributed by atoms with van der Waals surface area (Å²) in [5, 5.41) is 0. The van der Waals surface area contributed by atoms with E-state index in [0.717, 1.165) is 52.8 Å². The van der Waals surface area contributed by atoms with Crippen molar-refractivity contribution in [1.82, 2.24) is 4.90 Å². The highest BCUT2D eigenvalue weighted by molar-refractivity contribution is 5.54. The zero-order valence-electron chi connectivity index (χ0n) is 23.6. The third kappa shape index (κ3) is 6.10. The Morgan fingerprint density at radius 2 is 1.43 bits per heavy atom. The lowest BCUT2D eigenvalue weighted by Gasteiger charge is -2.31. The highest BCUT2D eigenvalue weighted by Crippen LogP contribution is 2.46. The van der Waals surface area contributed by atoms with E-state index in [1.807, 2.05) is 42.5 Å². The first kappa shape index (κ1) is 29.1. The van der Waals surface area contributed by atoms with Gasteiger partial charge in [0.2, 0.25) is 0 Å². The lowest BCUT2D eigenvalue weighted by atomic mass is 9.82. The molecule has 2 aliphatic heterocycles. The number of benzene rings is 4. The van der Waals surface area contributed by atoms with Crippen LogP contribution in [0.1, 0.15) is 52.3 Å². The monoisotopic (exact) mass is 563 g/mol. The van der Waals surface area contributed by atoms with E-state index < -0.39 is 5.60 Å². The van der Waals surface area contributed by atoms with Gasteiger partial charge >= 0.3 is 0 Å². The van der Waals surface area contributed by atoms with E-state index in [-0.39, 0.29) is 17.7 Å². The molecule has 0 fully saturated rings. The van der Waals surface area contributed by atoms with Crippen molar-refractivity contribution >= 4 is 11.4 Å². The van der Waals surface area contributed by atoms with Gasteiger partial charge in [-0.2, -0.15) is 0 Å². The Labute approximate surface area is 245 Å². The van der Waals surface area contributed by atoms with Gasteiger partial charge in [0, 0.05) is 0 Å². The number of rotatable bonds is 6. The molecule has 4 aromatic rings. The summed E-state index contributed by atoms with van der Waals surface area (Å²) in [5.41, 5.74) is 6.85. The zero-order chi connectivity index (χ0) is 29.7. The quantitative estimate of drug-likeness (QED) is 0.221. The van der Waals surface area contributed by atoms with Crippen molar-refractivity contribution in [2.24, 2.45) is 0 Å². The van der Waals surface area contributed by atoms with Crippen molar-refractivity contribution in [1.29, 1.82) is 0 Å². The van der Waals surface area contributed by atoms with Crippen molar-refractivity contribution in [2.45, 2.75) is 37.8 Å². The van der Waals surface area contributed by atoms with Crippen LogP contribution in [0.5, 0.6) is 0 Å². The lowest BCUT2D eigenvalue weighted by Crippen LogP contribution is -2.28. The Hall–Kier alpha value is -4.40. The molecule has 0 N–H and O–H groups in total. The fourth-order valence-electron chi connectivity index (χ4n) is 5.61. The van der Waals surface area contributed by atoms with Crippen LogP contribution in [0.3, 0.4) is 0 Å². The molecule has 2 aliphatic rings. The topological polar surface area (TPSA) is 30.4 Å². The molecule has 42 heavy (non-hydrogen) atoms. The first-order chi connectivity index (χ1) is 20.3. The number of nitrogens with zero attached hydrogens (tertiary/aromatic N) is 3. The van der Waals surface area contributed by atoms with E-state index in [0.29, 0.717) is 24.6 Å². The number of hydrogen-bond acceptors (Lipinski definition) is 3. The summed E-state index contributed by atoms with van der Waals surface area (Å²) in [6.07, 6.45) is 1.63. The molecule has 4 aromatic carbocycles. The van der Waals surface area contributed by atoms with Gasteiger partial charge in [-0.1, -0.05) is 60.7 Å². The van der Waals surface area contributed by atoms with Gasteiger partial charge in [-0.3, -0.25) is 0 Å². The predicted octanol–water partition coefficient (Wildman–Crippen LogP) is 8.49. The summed E-state index contributed by atoms with van der Waals surface area (Å²) in [4.78, 5) is 9.06. The van der Waals surface area contributed by atoms with Gasteiger partial charge in [0.25, 0.3) is 0 Å². The van der Waals surface area contributed by atoms with Gasteiger partial charge in [0.15, 0.2) is 11.4 Å². The van der Waals surface area contributed by atoms with Gasteiger partial charge in [-0.15, -0.1) is 0 Å². The van der Waals surface area contributed by atoms with Crippen molar-refractivity contribution in [3.63, 3.8) is 0 Å². The Morgan fingerprint density at radius 3 is 2.07 bits per heavy atom. The number of fused-ring (bicyclic) bond motifs is 2. The number of halogens is 2. The minimum absolute atomic E-state index is 0.152. The van der Waals surface area contributed by atoms with Gasteiger partial charge in [0.1, 0.15) is 23.3 Å². The van der Waals surface area contributed by atoms with Crippen LogP contribution in [0.25, 0.3) is 9.69 Å². The largest absolute Gasteiger partial charge is 0.364 e. The molecular formula is C35H31F2N3O2. The summed E-state index contributed by atoms with van der Waals surface area (Å²) in [6, 6.07) is 24.2. The molecule has 0 amide bonds. The third-order valence-electron chi connectivity index (χ3n) is 7.69. The summed E-state index contributed by atoms with van der Waals surface area (Å²) in [7, 11) is 4.10. The minimum Gasteiger partial charge on any atom is -0.364 e. The molecule has 0 bridgehead atoms. The average Bonchev–Trinajstić information content (AvgIpc) is 3.59. The normalized spacial score (nSPS) is 18.4. The van der Waals surface area contributed by atoms with E-state index in [2.05, 4.69) is 28.7 Å². The molecule has 2 heterocycles. The lowest BCUT2D eigenvalue weighted by molar-refractivity contribution is -0.0140. The van der Waals surface area contributed by atoms with Crippen LogP contribution < -0.4 is 0 Å². The molecule has 5 nitrogen and oxygen atoms in total. The first-order valence-electron chi connectivity index (χ1n) is 13.8. The molecule has 2 unspecified atom stereocenters. The van der Waals surface area contributed by atoms with Gasteiger partial charge in [-0.25, -0.2) is 18.5 Å². The van der Waals surface area contributed by atoms with Crippen molar-refractivity contribution in [2.75, 3.05) is 20.6 Å². The highest BCUT2D eigenvalue weighted by Gasteiger charge is 2.41. The minimum atomic E-state index is -0.556. The van der Waals surface area contributed by atoms with Crippen LogP contribution in [-0.4, -0.2) is 25.5 Å². The van der Waals surface area contributed by atoms with Crippen LogP contribution in [-0.2, 0) is 28.3 Å². The molecule has 0 spiro atoms. The van der Waals surface area contributed by atoms with Crippen LogP contribution in [0.2, 0.25) is 0 Å². The zero-order valence-corrected chi connectivity index (χ0v) is 23.6. The fraction of sp³-hybridized carbons (Fsp3) is 0.257. The van der Waals surface area contributed by atoms with Crippen LogP contribution in [0, 0.1) is 24.8 Å². The molecule has 7 heteroatoms. The standard InChI is InChI=1S/C20H21FN2O.C15H10FNO/c1-22-18-9-10-19-15(13-18)14-24-20(19,11-4-12-23(2)3)16-5-7-17(21)8-6-16;1-17-13-6-7-14-11(8-13)9-18-15(14)10-2-4-12(16)5-3-10/h5-10,13H,4,11-12,14H2,2-3H3;2-8,15H,9H2. The number of ether oxygens (including phenoxy) is 2. The summed E-state index contributed by atoms with van der Waals surface area (Å²) in [5.74, 6) is -0.496. The Bertz CT molecular complexity index is 1640. The molecule has 0 saturated heterocycles. The maximum atomic E-state index is 13.4. The molecule has 212 valence electrons. The van der Waals surface area contributed by atoms with E-state index in [9.17, 15) is 8.78 Å². The van der Waals surface area contributed by atoms with E-state index in [1.54, 1.807) is 18.2 Å². The molecule has 0 radical (unpaired) electrons. The van der Waals surface area contributed by atoms with Gasteiger partial charge in [0.05, 0.1) is 26.4 Å². The fourth-order valence-corrected chi connectivity index (χ4v) is 5.61. The Kier molecular flexibility index (Phi) is 8.75. The van der Waals surface area contributed by atoms with E-state index in [1.165, 1.54) is 24.3 Å². The van der Waals surface area contributed by atoms with E-state index in [4.69, 9.17) is 22.6 Å². The second-order valence-electron chi connectivity index (χ2n) is 10.7. The second kappa shape index (κ2) is 12.6. The smallest absolute Gasteiger partial charge is 0.187 e. The predicted molar refractivity (Wildman–Crippen MR) is 158 cm³/mol. The van der Waals surface area contributed by atoms with Gasteiger partial charge < -0.3 is 14.4 Å². The number of hydrogen-bond donors (Lipinski definition) is 0. The molecule has 0 saturated carbocycles. The molecule has 6 rings (SSSR count). The van der Waals surface area contributed by atoms with Crippen LogP contribution >= 0.6 is 0 Å². The maximum absolute atomic E-state index is 13.4. The summed E-state index contributed by atoms with van der Waals surface area (Å²) < 4.78 is 38.3. The van der Waals surface area contributed by atoms with Crippen LogP contribution in [0.4, 0.5) is 20.2 Å².